The zero-order valence-corrected chi connectivity index (χ0v) is 10.7. The quantitative estimate of drug-likeness (QED) is 0.794. The third kappa shape index (κ3) is 5.02. The van der Waals surface area contributed by atoms with Crippen LogP contribution in [-0.4, -0.2) is 17.6 Å². The second-order valence-corrected chi connectivity index (χ2v) is 3.59. The zero-order chi connectivity index (χ0) is 12.0. The maximum absolute atomic E-state index is 10.4. The van der Waals surface area contributed by atoms with Gasteiger partial charge < -0.3 is 10.8 Å². The van der Waals surface area contributed by atoms with Crippen LogP contribution in [0.1, 0.15) is 23.6 Å². The second-order valence-electron chi connectivity index (χ2n) is 3.59. The average Bonchev–Trinajstić information content (AvgIpc) is 2.27. The van der Waals surface area contributed by atoms with E-state index in [-0.39, 0.29) is 12.4 Å². The molecule has 0 radical (unpaired) electrons. The van der Waals surface area contributed by atoms with Crippen molar-refractivity contribution < 1.29 is 9.90 Å². The molecule has 0 aliphatic carbocycles. The summed E-state index contributed by atoms with van der Waals surface area (Å²) >= 11 is 0. The van der Waals surface area contributed by atoms with E-state index in [1.54, 1.807) is 6.08 Å². The predicted molar refractivity (Wildman–Crippen MR) is 72.5 cm³/mol. The summed E-state index contributed by atoms with van der Waals surface area (Å²) in [4.78, 5) is 10.4. The molecule has 0 amide bonds. The molecule has 0 aliphatic heterocycles. The summed E-state index contributed by atoms with van der Waals surface area (Å²) < 4.78 is 0. The summed E-state index contributed by atoms with van der Waals surface area (Å²) in [5, 5.41) is 8.54. The van der Waals surface area contributed by atoms with E-state index in [9.17, 15) is 4.79 Å². The van der Waals surface area contributed by atoms with Gasteiger partial charge in [-0.2, -0.15) is 0 Å². The smallest absolute Gasteiger partial charge is 0.328 e. The first-order valence-electron chi connectivity index (χ1n) is 5.40. The lowest BCUT2D eigenvalue weighted by molar-refractivity contribution is -0.131. The highest BCUT2D eigenvalue weighted by molar-refractivity contribution is 5.85. The lowest BCUT2D eigenvalue weighted by atomic mass is 9.99. The number of carboxylic acid groups (broad SMARTS) is 1. The van der Waals surface area contributed by atoms with Crippen molar-refractivity contribution in [2.75, 3.05) is 6.54 Å². The Kier molecular flexibility index (Phi) is 7.26. The number of carbonyl (C=O) groups is 1. The van der Waals surface area contributed by atoms with Gasteiger partial charge in [0.15, 0.2) is 0 Å². The van der Waals surface area contributed by atoms with Gasteiger partial charge in [-0.15, -0.1) is 12.4 Å². The molecule has 4 heteroatoms. The van der Waals surface area contributed by atoms with E-state index in [4.69, 9.17) is 10.8 Å². The topological polar surface area (TPSA) is 63.3 Å². The molecule has 0 spiro atoms. The van der Waals surface area contributed by atoms with Crippen LogP contribution >= 0.6 is 12.4 Å². The summed E-state index contributed by atoms with van der Waals surface area (Å²) in [6.45, 7) is 2.71. The minimum absolute atomic E-state index is 0. The second kappa shape index (κ2) is 7.87. The highest BCUT2D eigenvalue weighted by Gasteiger charge is 2.00. The Hall–Kier alpha value is -1.32. The van der Waals surface area contributed by atoms with Crippen LogP contribution in [0, 0.1) is 0 Å². The van der Waals surface area contributed by atoms with Gasteiger partial charge in [0.25, 0.3) is 0 Å². The van der Waals surface area contributed by atoms with Crippen LogP contribution in [0.15, 0.2) is 24.3 Å². The molecule has 0 saturated carbocycles. The van der Waals surface area contributed by atoms with Crippen molar-refractivity contribution in [2.24, 2.45) is 5.73 Å². The molecule has 1 rings (SSSR count). The Labute approximate surface area is 108 Å². The molecule has 0 fully saturated rings. The number of aliphatic carboxylic acids is 1. The van der Waals surface area contributed by atoms with Gasteiger partial charge >= 0.3 is 5.97 Å². The molecule has 0 heterocycles. The fourth-order valence-electron chi connectivity index (χ4n) is 1.65. The van der Waals surface area contributed by atoms with E-state index in [0.717, 1.165) is 24.5 Å². The molecular formula is C13H18ClNO2. The fraction of sp³-hybridized carbons (Fsp3) is 0.308. The number of rotatable bonds is 5. The first-order chi connectivity index (χ1) is 7.67. The summed E-state index contributed by atoms with van der Waals surface area (Å²) in [5.41, 5.74) is 8.93. The van der Waals surface area contributed by atoms with Crippen LogP contribution in [0.2, 0.25) is 0 Å². The van der Waals surface area contributed by atoms with E-state index in [0.29, 0.717) is 6.54 Å². The molecule has 0 saturated heterocycles. The summed E-state index contributed by atoms with van der Waals surface area (Å²) in [7, 11) is 0. The molecule has 0 bridgehead atoms. The maximum Gasteiger partial charge on any atom is 0.328 e. The van der Waals surface area contributed by atoms with Gasteiger partial charge in [0, 0.05) is 6.08 Å². The first-order valence-corrected chi connectivity index (χ1v) is 5.40. The Morgan fingerprint density at radius 1 is 1.41 bits per heavy atom. The number of halogens is 1. The third-order valence-electron chi connectivity index (χ3n) is 2.44. The van der Waals surface area contributed by atoms with Crippen molar-refractivity contribution in [2.45, 2.75) is 19.8 Å². The van der Waals surface area contributed by atoms with Gasteiger partial charge in [-0.3, -0.25) is 0 Å². The van der Waals surface area contributed by atoms with Gasteiger partial charge in [0.1, 0.15) is 0 Å². The number of carboxylic acids is 1. The van der Waals surface area contributed by atoms with Crippen LogP contribution in [0.4, 0.5) is 0 Å². The summed E-state index contributed by atoms with van der Waals surface area (Å²) in [6.07, 6.45) is 4.55. The number of hydrogen-bond donors (Lipinski definition) is 2. The highest BCUT2D eigenvalue weighted by Crippen LogP contribution is 2.14. The maximum atomic E-state index is 10.4. The molecule has 94 valence electrons. The van der Waals surface area contributed by atoms with Gasteiger partial charge in [0.05, 0.1) is 0 Å². The van der Waals surface area contributed by atoms with Gasteiger partial charge in [-0.1, -0.05) is 25.1 Å². The van der Waals surface area contributed by atoms with Crippen molar-refractivity contribution in [3.8, 4) is 0 Å². The minimum Gasteiger partial charge on any atom is -0.478 e. The molecule has 0 atom stereocenters. The summed E-state index contributed by atoms with van der Waals surface area (Å²) in [6, 6.07) is 5.97. The fourth-order valence-corrected chi connectivity index (χ4v) is 1.65. The molecule has 17 heavy (non-hydrogen) atoms. The lowest BCUT2D eigenvalue weighted by Gasteiger charge is -2.07. The van der Waals surface area contributed by atoms with Crippen molar-refractivity contribution in [3.63, 3.8) is 0 Å². The number of benzene rings is 1. The van der Waals surface area contributed by atoms with Crippen molar-refractivity contribution in [1.82, 2.24) is 0 Å². The van der Waals surface area contributed by atoms with Crippen LogP contribution in [0.25, 0.3) is 6.08 Å². The van der Waals surface area contributed by atoms with Gasteiger partial charge in [0.2, 0.25) is 0 Å². The number of hydrogen-bond acceptors (Lipinski definition) is 2. The van der Waals surface area contributed by atoms with Crippen LogP contribution in [0.3, 0.4) is 0 Å². The van der Waals surface area contributed by atoms with Crippen molar-refractivity contribution in [3.05, 3.63) is 41.0 Å². The monoisotopic (exact) mass is 255 g/mol. The molecule has 3 N–H and O–H groups in total. The highest BCUT2D eigenvalue weighted by atomic mass is 35.5. The van der Waals surface area contributed by atoms with Crippen molar-refractivity contribution >= 4 is 24.5 Å². The average molecular weight is 256 g/mol. The first kappa shape index (κ1) is 15.7. The molecule has 1 aromatic carbocycles. The molecule has 0 unspecified atom stereocenters. The number of nitrogens with two attached hydrogens (primary N) is 1. The molecule has 1 aromatic rings. The van der Waals surface area contributed by atoms with E-state index < -0.39 is 5.97 Å². The Bertz CT molecular complexity index is 402. The molecular weight excluding hydrogens is 238 g/mol. The van der Waals surface area contributed by atoms with Crippen LogP contribution < -0.4 is 5.73 Å². The number of aryl methyl sites for hydroxylation is 1. The standard InChI is InChI=1S/C13H17NO2.ClH/c1-2-11-5-3-10(4-6-13(15)16)9-12(11)7-8-14;/h3-6,9H,2,7-8,14H2,1H3,(H,15,16);1H. The Balaban J connectivity index is 0.00000256. The SMILES string of the molecule is CCc1ccc(C=CC(=O)O)cc1CCN.Cl. The minimum atomic E-state index is -0.931. The predicted octanol–water partition coefficient (Wildman–Crippen LogP) is 2.27. The van der Waals surface area contributed by atoms with Crippen LogP contribution in [-0.2, 0) is 17.6 Å². The van der Waals surface area contributed by atoms with Crippen LogP contribution in [0.5, 0.6) is 0 Å². The molecule has 0 aliphatic rings. The van der Waals surface area contributed by atoms with E-state index >= 15 is 0 Å². The zero-order valence-electron chi connectivity index (χ0n) is 9.85. The normalized spacial score (nSPS) is 10.2. The van der Waals surface area contributed by atoms with E-state index in [1.165, 1.54) is 11.1 Å². The molecule has 3 nitrogen and oxygen atoms in total. The molecule has 0 aromatic heterocycles. The largest absolute Gasteiger partial charge is 0.478 e. The lowest BCUT2D eigenvalue weighted by Crippen LogP contribution is -2.05. The van der Waals surface area contributed by atoms with Crippen molar-refractivity contribution in [1.29, 1.82) is 0 Å². The van der Waals surface area contributed by atoms with E-state index in [2.05, 4.69) is 6.92 Å². The Morgan fingerprint density at radius 3 is 2.65 bits per heavy atom. The van der Waals surface area contributed by atoms with Gasteiger partial charge in [-0.05, 0) is 42.2 Å². The van der Waals surface area contributed by atoms with E-state index in [1.807, 2.05) is 18.2 Å². The van der Waals surface area contributed by atoms with Gasteiger partial charge in [-0.25, -0.2) is 4.79 Å². The third-order valence-corrected chi connectivity index (χ3v) is 2.44. The Morgan fingerprint density at radius 2 is 2.12 bits per heavy atom. The summed E-state index contributed by atoms with van der Waals surface area (Å²) in [5.74, 6) is -0.931.